The Morgan fingerprint density at radius 1 is 1.31 bits per heavy atom. The van der Waals surface area contributed by atoms with Crippen LogP contribution in [0.4, 0.5) is 0 Å². The molecule has 0 aliphatic rings. The molecule has 3 nitrogen and oxygen atoms in total. The molecule has 0 heterocycles. The molecule has 0 bridgehead atoms. The van der Waals surface area contributed by atoms with Crippen LogP contribution >= 0.6 is 15.9 Å². The summed E-state index contributed by atoms with van der Waals surface area (Å²) in [5.74, 6) is -0.0182. The number of primary sulfonamides is 1. The number of rotatable bonds is 3. The minimum atomic E-state index is -3.36. The van der Waals surface area contributed by atoms with Gasteiger partial charge in [0.2, 0.25) is 10.0 Å². The van der Waals surface area contributed by atoms with E-state index in [2.05, 4.69) is 15.9 Å². The summed E-state index contributed by atoms with van der Waals surface area (Å²) < 4.78 is 22.3. The predicted octanol–water partition coefficient (Wildman–Crippen LogP) is 1.28. The standard InChI is InChI=1S/C8H10BrNO2S/c9-8-4-2-1-3-7(8)5-6-13(10,11)12/h1-4H,5-6H2,(H2,10,11,12). The summed E-state index contributed by atoms with van der Waals surface area (Å²) in [5.41, 5.74) is 0.955. The zero-order valence-electron chi connectivity index (χ0n) is 6.90. The Morgan fingerprint density at radius 2 is 1.92 bits per heavy atom. The molecule has 0 saturated heterocycles. The number of benzene rings is 1. The first kappa shape index (κ1) is 10.7. The van der Waals surface area contributed by atoms with Gasteiger partial charge < -0.3 is 0 Å². The van der Waals surface area contributed by atoms with Gasteiger partial charge in [-0.3, -0.25) is 0 Å². The molecular formula is C8H10BrNO2S. The normalized spacial score (nSPS) is 11.5. The molecule has 1 aromatic carbocycles. The summed E-state index contributed by atoms with van der Waals surface area (Å²) in [7, 11) is -3.36. The van der Waals surface area contributed by atoms with Crippen LogP contribution in [0.25, 0.3) is 0 Å². The van der Waals surface area contributed by atoms with Gasteiger partial charge in [0.1, 0.15) is 0 Å². The molecule has 5 heteroatoms. The van der Waals surface area contributed by atoms with Crippen molar-refractivity contribution in [1.29, 1.82) is 0 Å². The van der Waals surface area contributed by atoms with Gasteiger partial charge in [-0.15, -0.1) is 0 Å². The van der Waals surface area contributed by atoms with Gasteiger partial charge in [0.15, 0.2) is 0 Å². The average molecular weight is 264 g/mol. The van der Waals surface area contributed by atoms with E-state index in [4.69, 9.17) is 5.14 Å². The lowest BCUT2D eigenvalue weighted by molar-refractivity contribution is 0.597. The highest BCUT2D eigenvalue weighted by Crippen LogP contribution is 2.16. The van der Waals surface area contributed by atoms with Gasteiger partial charge in [0.05, 0.1) is 5.75 Å². The predicted molar refractivity (Wildman–Crippen MR) is 55.8 cm³/mol. The fourth-order valence-electron chi connectivity index (χ4n) is 0.953. The summed E-state index contributed by atoms with van der Waals surface area (Å²) >= 11 is 3.33. The lowest BCUT2D eigenvalue weighted by atomic mass is 10.2. The number of hydrogen-bond donors (Lipinski definition) is 1. The van der Waals surface area contributed by atoms with Crippen LogP contribution in [-0.4, -0.2) is 14.2 Å². The topological polar surface area (TPSA) is 60.2 Å². The molecule has 72 valence electrons. The molecule has 0 amide bonds. The smallest absolute Gasteiger partial charge is 0.209 e. The summed E-state index contributed by atoms with van der Waals surface area (Å²) in [5, 5.41) is 4.89. The van der Waals surface area contributed by atoms with Crippen LogP contribution in [0, 0.1) is 0 Å². The van der Waals surface area contributed by atoms with Crippen molar-refractivity contribution in [2.75, 3.05) is 5.75 Å². The Balaban J connectivity index is 2.71. The molecule has 1 aromatic rings. The van der Waals surface area contributed by atoms with Crippen molar-refractivity contribution in [2.45, 2.75) is 6.42 Å². The van der Waals surface area contributed by atoms with Gasteiger partial charge in [0, 0.05) is 4.47 Å². The first-order valence-corrected chi connectivity index (χ1v) is 6.24. The fourth-order valence-corrected chi connectivity index (χ4v) is 1.94. The zero-order valence-corrected chi connectivity index (χ0v) is 9.31. The molecule has 13 heavy (non-hydrogen) atoms. The van der Waals surface area contributed by atoms with E-state index in [1.807, 2.05) is 24.3 Å². The van der Waals surface area contributed by atoms with E-state index in [0.717, 1.165) is 10.0 Å². The van der Waals surface area contributed by atoms with Crippen molar-refractivity contribution in [3.8, 4) is 0 Å². The highest BCUT2D eigenvalue weighted by atomic mass is 79.9. The Bertz CT molecular complexity index is 389. The third kappa shape index (κ3) is 3.89. The molecule has 0 spiro atoms. The maximum absolute atomic E-state index is 10.7. The van der Waals surface area contributed by atoms with Gasteiger partial charge in [-0.25, -0.2) is 13.6 Å². The zero-order chi connectivity index (χ0) is 9.90. The van der Waals surface area contributed by atoms with Gasteiger partial charge in [-0.05, 0) is 18.1 Å². The molecular weight excluding hydrogens is 254 g/mol. The second-order valence-corrected chi connectivity index (χ2v) is 5.30. The van der Waals surface area contributed by atoms with E-state index in [9.17, 15) is 8.42 Å². The monoisotopic (exact) mass is 263 g/mol. The molecule has 0 saturated carbocycles. The van der Waals surface area contributed by atoms with Gasteiger partial charge in [0.25, 0.3) is 0 Å². The van der Waals surface area contributed by atoms with E-state index < -0.39 is 10.0 Å². The second-order valence-electron chi connectivity index (χ2n) is 2.71. The summed E-state index contributed by atoms with van der Waals surface area (Å²) in [6.07, 6.45) is 0.445. The van der Waals surface area contributed by atoms with Crippen molar-refractivity contribution in [2.24, 2.45) is 5.14 Å². The molecule has 0 aliphatic carbocycles. The van der Waals surface area contributed by atoms with Crippen LogP contribution in [0.1, 0.15) is 5.56 Å². The highest BCUT2D eigenvalue weighted by Gasteiger charge is 2.05. The Labute approximate surface area is 86.1 Å². The lowest BCUT2D eigenvalue weighted by Gasteiger charge is -2.01. The van der Waals surface area contributed by atoms with Crippen LogP contribution < -0.4 is 5.14 Å². The largest absolute Gasteiger partial charge is 0.229 e. The lowest BCUT2D eigenvalue weighted by Crippen LogP contribution is -2.18. The Morgan fingerprint density at radius 3 is 2.46 bits per heavy atom. The second kappa shape index (κ2) is 4.21. The van der Waals surface area contributed by atoms with E-state index in [-0.39, 0.29) is 5.75 Å². The molecule has 1 rings (SSSR count). The van der Waals surface area contributed by atoms with Crippen molar-refractivity contribution < 1.29 is 8.42 Å². The third-order valence-electron chi connectivity index (χ3n) is 1.61. The molecule has 0 radical (unpaired) electrons. The molecule has 0 unspecified atom stereocenters. The number of nitrogens with two attached hydrogens (primary N) is 1. The number of sulfonamides is 1. The first-order valence-electron chi connectivity index (χ1n) is 3.73. The van der Waals surface area contributed by atoms with Crippen LogP contribution in [0.5, 0.6) is 0 Å². The van der Waals surface area contributed by atoms with Gasteiger partial charge in [-0.1, -0.05) is 34.1 Å². The van der Waals surface area contributed by atoms with Gasteiger partial charge >= 0.3 is 0 Å². The number of hydrogen-bond acceptors (Lipinski definition) is 2. The van der Waals surface area contributed by atoms with Crippen molar-refractivity contribution in [1.82, 2.24) is 0 Å². The average Bonchev–Trinajstić information content (AvgIpc) is 2.01. The fraction of sp³-hybridized carbons (Fsp3) is 0.250. The van der Waals surface area contributed by atoms with Crippen LogP contribution in [0.15, 0.2) is 28.7 Å². The molecule has 0 fully saturated rings. The number of halogens is 1. The van der Waals surface area contributed by atoms with Gasteiger partial charge in [-0.2, -0.15) is 0 Å². The number of aryl methyl sites for hydroxylation is 1. The Hall–Kier alpha value is -0.390. The quantitative estimate of drug-likeness (QED) is 0.893. The van der Waals surface area contributed by atoms with E-state index >= 15 is 0 Å². The summed E-state index contributed by atoms with van der Waals surface area (Å²) in [4.78, 5) is 0. The van der Waals surface area contributed by atoms with Crippen LogP contribution in [0.2, 0.25) is 0 Å². The van der Waals surface area contributed by atoms with E-state index in [0.29, 0.717) is 6.42 Å². The van der Waals surface area contributed by atoms with Crippen LogP contribution in [-0.2, 0) is 16.4 Å². The molecule has 0 aromatic heterocycles. The van der Waals surface area contributed by atoms with Crippen molar-refractivity contribution in [3.05, 3.63) is 34.3 Å². The molecule has 2 N–H and O–H groups in total. The SMILES string of the molecule is NS(=O)(=O)CCc1ccccc1Br. The summed E-state index contributed by atoms with van der Waals surface area (Å²) in [6, 6.07) is 7.49. The first-order chi connectivity index (χ1) is 5.99. The van der Waals surface area contributed by atoms with E-state index in [1.54, 1.807) is 0 Å². The van der Waals surface area contributed by atoms with Crippen LogP contribution in [0.3, 0.4) is 0 Å². The third-order valence-corrected chi connectivity index (χ3v) is 3.16. The molecule has 0 atom stereocenters. The van der Waals surface area contributed by atoms with Crippen molar-refractivity contribution in [3.63, 3.8) is 0 Å². The maximum Gasteiger partial charge on any atom is 0.209 e. The molecule has 0 aliphatic heterocycles. The minimum Gasteiger partial charge on any atom is -0.229 e. The highest BCUT2D eigenvalue weighted by molar-refractivity contribution is 9.10. The van der Waals surface area contributed by atoms with Crippen molar-refractivity contribution >= 4 is 26.0 Å². The summed E-state index contributed by atoms with van der Waals surface area (Å²) in [6.45, 7) is 0. The van der Waals surface area contributed by atoms with E-state index in [1.165, 1.54) is 0 Å². The minimum absolute atomic E-state index is 0.0182. The maximum atomic E-state index is 10.7. The Kier molecular flexibility index (Phi) is 3.47.